The number of rotatable bonds is 5. The summed E-state index contributed by atoms with van der Waals surface area (Å²) in [6.45, 7) is 5.50. The van der Waals surface area contributed by atoms with E-state index in [-0.39, 0.29) is 5.56 Å². The minimum absolute atomic E-state index is 0.238. The largest absolute Gasteiger partial charge is 0.494 e. The third-order valence-electron chi connectivity index (χ3n) is 7.09. The van der Waals surface area contributed by atoms with E-state index in [1.807, 2.05) is 18.2 Å². The Labute approximate surface area is 224 Å². The number of pyridine rings is 1. The van der Waals surface area contributed by atoms with Crippen molar-refractivity contribution < 1.29 is 14.3 Å². The van der Waals surface area contributed by atoms with Crippen LogP contribution in [0.1, 0.15) is 22.6 Å². The molecule has 12 nitrogen and oxygen atoms in total. The Hall–Kier alpha value is -4.74. The number of ether oxygens (including phenoxy) is 1. The highest BCUT2D eigenvalue weighted by atomic mass is 16.5. The Bertz CT molecular complexity index is 1550. The molecule has 0 spiro atoms. The Morgan fingerprint density at radius 2 is 1.82 bits per heavy atom. The Kier molecular flexibility index (Phi) is 6.43. The molecule has 1 N–H and O–H groups in total. The fourth-order valence-electron chi connectivity index (χ4n) is 5.14. The number of methoxy groups -OCH3 is 1. The predicted molar refractivity (Wildman–Crippen MR) is 145 cm³/mol. The molecule has 39 heavy (non-hydrogen) atoms. The van der Waals surface area contributed by atoms with Gasteiger partial charge >= 0.3 is 0 Å². The summed E-state index contributed by atoms with van der Waals surface area (Å²) in [5.74, 6) is 1.23. The zero-order chi connectivity index (χ0) is 26.9. The summed E-state index contributed by atoms with van der Waals surface area (Å²) in [6, 6.07) is 10.2. The third-order valence-corrected chi connectivity index (χ3v) is 7.09. The predicted octanol–water partition coefficient (Wildman–Crippen LogP) is 2.05. The number of piperazine rings is 1. The molecule has 0 bridgehead atoms. The lowest BCUT2D eigenvalue weighted by molar-refractivity contribution is -0.127. The van der Waals surface area contributed by atoms with Gasteiger partial charge in [-0.3, -0.25) is 14.6 Å². The van der Waals surface area contributed by atoms with Gasteiger partial charge in [-0.05, 0) is 25.5 Å². The van der Waals surface area contributed by atoms with Crippen LogP contribution >= 0.6 is 0 Å². The highest BCUT2D eigenvalue weighted by Crippen LogP contribution is 2.32. The molecule has 6 rings (SSSR count). The Balaban J connectivity index is 1.20. The summed E-state index contributed by atoms with van der Waals surface area (Å²) >= 11 is 0. The van der Waals surface area contributed by atoms with Crippen molar-refractivity contribution in [3.63, 3.8) is 0 Å². The molecule has 0 aliphatic carbocycles. The number of aryl methyl sites for hydroxylation is 1. The van der Waals surface area contributed by atoms with E-state index in [0.29, 0.717) is 54.5 Å². The van der Waals surface area contributed by atoms with Crippen molar-refractivity contribution in [2.45, 2.75) is 13.3 Å². The zero-order valence-electron chi connectivity index (χ0n) is 21.9. The van der Waals surface area contributed by atoms with Gasteiger partial charge in [0.1, 0.15) is 17.9 Å². The minimum atomic E-state index is -0.596. The summed E-state index contributed by atoms with van der Waals surface area (Å²) in [5, 5.41) is 4.81. The molecule has 0 radical (unpaired) electrons. The molecule has 4 aromatic rings. The maximum absolute atomic E-state index is 13.5. The fraction of sp³-hybridized carbons (Fsp3) is 0.333. The van der Waals surface area contributed by atoms with Gasteiger partial charge in [-0.15, -0.1) is 0 Å². The number of benzene rings is 1. The van der Waals surface area contributed by atoms with Crippen LogP contribution in [-0.2, 0) is 4.79 Å². The van der Waals surface area contributed by atoms with Gasteiger partial charge in [0.15, 0.2) is 5.82 Å². The molecule has 1 aromatic carbocycles. The number of nitrogens with one attached hydrogen (secondary N) is 1. The molecule has 0 saturated carbocycles. The summed E-state index contributed by atoms with van der Waals surface area (Å²) in [4.78, 5) is 49.4. The normalized spacial score (nSPS) is 15.9. The molecule has 1 fully saturated rings. The van der Waals surface area contributed by atoms with E-state index in [2.05, 4.69) is 42.0 Å². The van der Waals surface area contributed by atoms with E-state index < -0.39 is 11.7 Å². The smallest absolute Gasteiger partial charge is 0.295 e. The number of aromatic amines is 1. The van der Waals surface area contributed by atoms with Gasteiger partial charge in [0.05, 0.1) is 29.8 Å². The number of hydrogen-bond donors (Lipinski definition) is 1. The number of para-hydroxylation sites is 1. The number of H-pyrrole nitrogens is 1. The number of nitrogens with zero attached hydrogens (tertiary/aromatic N) is 8. The molecular formula is C27H29N9O3. The highest BCUT2D eigenvalue weighted by molar-refractivity contribution is 6.45. The van der Waals surface area contributed by atoms with Crippen LogP contribution in [-0.4, -0.2) is 98.6 Å². The lowest BCUT2D eigenvalue weighted by Crippen LogP contribution is -2.56. The number of carbonyl (C=O) groups excluding carboxylic acids is 2. The summed E-state index contributed by atoms with van der Waals surface area (Å²) in [5.41, 5.74) is 1.88. The second kappa shape index (κ2) is 10.2. The van der Waals surface area contributed by atoms with Crippen molar-refractivity contribution in [1.29, 1.82) is 0 Å². The lowest BCUT2D eigenvalue weighted by atomic mass is 10.1. The molecule has 5 heterocycles. The molecule has 2 aliphatic rings. The van der Waals surface area contributed by atoms with Crippen molar-refractivity contribution in [3.8, 4) is 11.6 Å². The topological polar surface area (TPSA) is 125 Å². The van der Waals surface area contributed by atoms with Gasteiger partial charge in [0.2, 0.25) is 5.96 Å². The van der Waals surface area contributed by atoms with E-state index >= 15 is 0 Å². The molecule has 3 aromatic heterocycles. The SMILES string of the molecule is COc1cnc(-n2cnc(C)n2)c2[nH]cc(C(=O)C(=O)N3CCN(C4=NCCCN4c4ccccc4)CC3)c12. The van der Waals surface area contributed by atoms with Gasteiger partial charge in [-0.25, -0.2) is 14.6 Å². The molecule has 200 valence electrons. The van der Waals surface area contributed by atoms with Crippen molar-refractivity contribution in [1.82, 2.24) is 34.5 Å². The standard InChI is InChI=1S/C27H29N9O3/c1-18-31-17-36(32-18)25-23-22(21(39-2)16-30-25)20(15-29-23)24(37)26(38)33-11-13-34(14-12-33)27-28-9-6-10-35(27)19-7-4-3-5-8-19/h3-5,7-8,15-17,29H,6,9-14H2,1-2H3. The average Bonchev–Trinajstić information content (AvgIpc) is 3.63. The molecule has 12 heteroatoms. The molecule has 0 unspecified atom stereocenters. The van der Waals surface area contributed by atoms with Crippen molar-refractivity contribution in [2.24, 2.45) is 4.99 Å². The second-order valence-electron chi connectivity index (χ2n) is 9.47. The van der Waals surface area contributed by atoms with Crippen LogP contribution in [0.15, 0.2) is 54.0 Å². The zero-order valence-corrected chi connectivity index (χ0v) is 21.9. The van der Waals surface area contributed by atoms with Crippen LogP contribution in [0.3, 0.4) is 0 Å². The monoisotopic (exact) mass is 527 g/mol. The molecule has 2 aliphatic heterocycles. The Morgan fingerprint density at radius 1 is 1.03 bits per heavy atom. The van der Waals surface area contributed by atoms with Gasteiger partial charge < -0.3 is 24.4 Å². The fourth-order valence-corrected chi connectivity index (χ4v) is 5.14. The number of aliphatic imine (C=N–C) groups is 1. The first-order valence-electron chi connectivity index (χ1n) is 12.9. The van der Waals surface area contributed by atoms with Crippen LogP contribution in [0.4, 0.5) is 5.69 Å². The molecular weight excluding hydrogens is 498 g/mol. The van der Waals surface area contributed by atoms with Gasteiger partial charge in [0.25, 0.3) is 11.7 Å². The van der Waals surface area contributed by atoms with Crippen molar-refractivity contribution >= 4 is 34.2 Å². The molecule has 1 amide bonds. The van der Waals surface area contributed by atoms with Crippen LogP contribution < -0.4 is 9.64 Å². The first kappa shape index (κ1) is 24.6. The number of amides is 1. The maximum atomic E-state index is 13.5. The number of anilines is 1. The molecule has 0 atom stereocenters. The van der Waals surface area contributed by atoms with Crippen molar-refractivity contribution in [2.75, 3.05) is 51.3 Å². The second-order valence-corrected chi connectivity index (χ2v) is 9.47. The maximum Gasteiger partial charge on any atom is 0.295 e. The number of carbonyl (C=O) groups is 2. The minimum Gasteiger partial charge on any atom is -0.494 e. The van der Waals surface area contributed by atoms with Gasteiger partial charge in [-0.2, -0.15) is 5.10 Å². The van der Waals surface area contributed by atoms with E-state index in [4.69, 9.17) is 9.73 Å². The first-order valence-corrected chi connectivity index (χ1v) is 12.9. The number of ketones is 1. The number of hydrogen-bond acceptors (Lipinski definition) is 9. The van der Waals surface area contributed by atoms with Crippen LogP contribution in [0.2, 0.25) is 0 Å². The van der Waals surface area contributed by atoms with E-state index in [9.17, 15) is 9.59 Å². The van der Waals surface area contributed by atoms with Crippen LogP contribution in [0.5, 0.6) is 5.75 Å². The van der Waals surface area contributed by atoms with Crippen LogP contribution in [0.25, 0.3) is 16.7 Å². The van der Waals surface area contributed by atoms with Crippen LogP contribution in [0, 0.1) is 6.92 Å². The summed E-state index contributed by atoms with van der Waals surface area (Å²) < 4.78 is 7.02. The summed E-state index contributed by atoms with van der Waals surface area (Å²) in [7, 11) is 1.50. The number of Topliss-reactive ketones (excluding diaryl/α,β-unsaturated/α-hetero) is 1. The van der Waals surface area contributed by atoms with E-state index in [0.717, 1.165) is 31.2 Å². The number of fused-ring (bicyclic) bond motifs is 1. The van der Waals surface area contributed by atoms with E-state index in [1.165, 1.54) is 24.2 Å². The van der Waals surface area contributed by atoms with Gasteiger partial charge in [0, 0.05) is 51.2 Å². The number of guanidine groups is 1. The average molecular weight is 528 g/mol. The quantitative estimate of drug-likeness (QED) is 0.309. The first-order chi connectivity index (χ1) is 19.0. The lowest BCUT2D eigenvalue weighted by Gasteiger charge is -2.41. The summed E-state index contributed by atoms with van der Waals surface area (Å²) in [6.07, 6.45) is 5.60. The van der Waals surface area contributed by atoms with Crippen molar-refractivity contribution in [3.05, 3.63) is 60.4 Å². The van der Waals surface area contributed by atoms with E-state index in [1.54, 1.807) is 18.2 Å². The highest BCUT2D eigenvalue weighted by Gasteiger charge is 2.32. The third kappa shape index (κ3) is 4.47. The van der Waals surface area contributed by atoms with Gasteiger partial charge in [-0.1, -0.05) is 18.2 Å². The molecule has 1 saturated heterocycles. The number of aromatic nitrogens is 5. The Morgan fingerprint density at radius 3 is 2.54 bits per heavy atom.